The van der Waals surface area contributed by atoms with Gasteiger partial charge in [-0.2, -0.15) is 0 Å². The maximum Gasteiger partial charge on any atom is 0.0449 e. The highest BCUT2D eigenvalue weighted by Gasteiger charge is 2.12. The molecule has 0 unspecified atom stereocenters. The summed E-state index contributed by atoms with van der Waals surface area (Å²) < 4.78 is 0. The zero-order valence-corrected chi connectivity index (χ0v) is 53.0. The highest BCUT2D eigenvalue weighted by Crippen LogP contribution is 2.40. The number of unbranched alkanes of at least 4 members (excludes halogenated alkanes) is 12. The van der Waals surface area contributed by atoms with Crippen molar-refractivity contribution < 1.29 is 0 Å². The van der Waals surface area contributed by atoms with Crippen LogP contribution in [-0.4, -0.2) is 0 Å². The van der Waals surface area contributed by atoms with Crippen molar-refractivity contribution in [2.45, 2.75) is 156 Å². The summed E-state index contributed by atoms with van der Waals surface area (Å²) >= 11 is 15.5. The van der Waals surface area contributed by atoms with Crippen LogP contribution in [0.4, 0.5) is 0 Å². The zero-order chi connectivity index (χ0) is 53.7. The third-order valence-electron chi connectivity index (χ3n) is 14.2. The van der Waals surface area contributed by atoms with E-state index in [1.54, 1.807) is 0 Å². The van der Waals surface area contributed by atoms with Crippen molar-refractivity contribution in [2.24, 2.45) is 0 Å². The Labute approximate surface area is 500 Å². The topological polar surface area (TPSA) is 0 Å². The van der Waals surface area contributed by atoms with Gasteiger partial charge < -0.3 is 0 Å². The molecule has 9 rings (SSSR count). The minimum absolute atomic E-state index is 1.19. The summed E-state index contributed by atoms with van der Waals surface area (Å²) in [7, 11) is 0. The average molecular weight is 1180 g/mol. The molecule has 0 aliphatic heterocycles. The van der Waals surface area contributed by atoms with Gasteiger partial charge in [-0.1, -0.05) is 129 Å². The second kappa shape index (κ2) is 31.1. The minimum Gasteiger partial charge on any atom is -0.139 e. The molecule has 78 heavy (non-hydrogen) atoms. The summed E-state index contributed by atoms with van der Waals surface area (Å²) in [5.41, 5.74) is 4.85. The third kappa shape index (κ3) is 17.4. The van der Waals surface area contributed by atoms with Crippen LogP contribution < -0.4 is 0 Å². The normalized spacial score (nSPS) is 12.2. The molecule has 0 nitrogen and oxygen atoms in total. The number of hydrogen-bond acceptors (Lipinski definition) is 8. The Morgan fingerprint density at radius 1 is 0.231 bits per heavy atom. The minimum atomic E-state index is 1.19. The Kier molecular flexibility index (Phi) is 23.3. The summed E-state index contributed by atoms with van der Waals surface area (Å²) in [6.07, 6.45) is 44.4. The van der Waals surface area contributed by atoms with Crippen molar-refractivity contribution in [3.05, 3.63) is 170 Å². The lowest BCUT2D eigenvalue weighted by Crippen LogP contribution is -1.89. The van der Waals surface area contributed by atoms with E-state index >= 15 is 0 Å². The van der Waals surface area contributed by atoms with Gasteiger partial charge in [-0.15, -0.1) is 90.7 Å². The number of hydrogen-bond donors (Lipinski definition) is 0. The van der Waals surface area contributed by atoms with Crippen LogP contribution in [0, 0.1) is 0 Å². The molecule has 0 aliphatic carbocycles. The Balaban J connectivity index is 1.03. The SMILES string of the molecule is CCCCCCc1ccc(-c2ccc(/C=C/c3cc(/C=C/c4ccc(-c5ccc(CCCCCC)s5)s4)c(/C=C/c4ccc(-c5ccc(CCCCCC)s5)s4)cc3/C=C/c3ccc(-c4ccc(CCCCCC)s4)s3)s2)s1. The van der Waals surface area contributed by atoms with Crippen LogP contribution in [0.15, 0.2) is 109 Å². The lowest BCUT2D eigenvalue weighted by atomic mass is 9.96. The number of thiophene rings is 8. The molecular formula is C70H78S8. The fourth-order valence-electron chi connectivity index (χ4n) is 9.72. The Morgan fingerprint density at radius 2 is 0.449 bits per heavy atom. The smallest absolute Gasteiger partial charge is 0.0449 e. The molecule has 0 atom stereocenters. The molecule has 406 valence electrons. The largest absolute Gasteiger partial charge is 0.139 e. The number of rotatable bonds is 32. The standard InChI is InChI=1S/C70H78S8/c1-5-9-13-17-21-55-33-41-63(71-55)67-45-37-59(75-67)29-25-51-49-53(27-31-61-39-47-69(77-61)65-43-35-57(73-65)23-19-15-11-7-3)54(28-32-62-40-48-70(78-62)66-44-36-58(74-66)24-20-16-12-8-4)50-52(51)26-30-60-38-46-68(76-60)64-42-34-56(72-64)22-18-14-10-6-2/h25-50H,5-24H2,1-4H3/b29-25+,30-26+,31-27+,32-28+. The van der Waals surface area contributed by atoms with Crippen LogP contribution >= 0.6 is 90.7 Å². The fourth-order valence-corrected chi connectivity index (χ4v) is 17.9. The van der Waals surface area contributed by atoms with E-state index < -0.39 is 0 Å². The lowest BCUT2D eigenvalue weighted by Gasteiger charge is -2.09. The Hall–Kier alpha value is -4.22. The van der Waals surface area contributed by atoms with Crippen molar-refractivity contribution in [3.8, 4) is 39.0 Å². The lowest BCUT2D eigenvalue weighted by molar-refractivity contribution is 0.670. The number of aryl methyl sites for hydroxylation is 4. The molecule has 1 aromatic carbocycles. The maximum atomic E-state index is 2.42. The van der Waals surface area contributed by atoms with Gasteiger partial charge in [0.15, 0.2) is 0 Å². The van der Waals surface area contributed by atoms with E-state index in [-0.39, 0.29) is 0 Å². The van der Waals surface area contributed by atoms with E-state index in [4.69, 9.17) is 0 Å². The van der Waals surface area contributed by atoms with Gasteiger partial charge >= 0.3 is 0 Å². The first-order valence-corrected chi connectivity index (χ1v) is 35.6. The van der Waals surface area contributed by atoms with Gasteiger partial charge in [0.1, 0.15) is 0 Å². The van der Waals surface area contributed by atoms with E-state index in [0.717, 1.165) is 0 Å². The van der Waals surface area contributed by atoms with Crippen molar-refractivity contribution in [2.75, 3.05) is 0 Å². The van der Waals surface area contributed by atoms with Crippen LogP contribution in [0.3, 0.4) is 0 Å². The van der Waals surface area contributed by atoms with Crippen LogP contribution in [0.2, 0.25) is 0 Å². The number of benzene rings is 1. The first kappa shape index (κ1) is 58.4. The van der Waals surface area contributed by atoms with Crippen LogP contribution in [0.25, 0.3) is 87.6 Å². The molecule has 0 saturated carbocycles. The van der Waals surface area contributed by atoms with E-state index in [1.165, 1.54) is 229 Å². The van der Waals surface area contributed by atoms with Gasteiger partial charge in [0.25, 0.3) is 0 Å². The summed E-state index contributed by atoms with van der Waals surface area (Å²) in [5.74, 6) is 0. The molecule has 8 aromatic heterocycles. The molecule has 8 heterocycles. The first-order chi connectivity index (χ1) is 38.4. The van der Waals surface area contributed by atoms with Crippen molar-refractivity contribution in [3.63, 3.8) is 0 Å². The van der Waals surface area contributed by atoms with Crippen LogP contribution in [0.1, 0.15) is 192 Å². The summed E-state index contributed by atoms with van der Waals surface area (Å²) in [5, 5.41) is 0. The molecule has 0 aliphatic rings. The van der Waals surface area contributed by atoms with E-state index in [1.807, 2.05) is 90.7 Å². The molecule has 8 heteroatoms. The predicted octanol–water partition coefficient (Wildman–Crippen LogP) is 26.0. The van der Waals surface area contributed by atoms with Gasteiger partial charge in [0.05, 0.1) is 0 Å². The van der Waals surface area contributed by atoms with Crippen LogP contribution in [-0.2, 0) is 25.7 Å². The van der Waals surface area contributed by atoms with E-state index in [2.05, 4.69) is 185 Å². The van der Waals surface area contributed by atoms with Gasteiger partial charge in [0, 0.05) is 78.0 Å². The fraction of sp³-hybridized carbons (Fsp3) is 0.343. The second-order valence-corrected chi connectivity index (χ2v) is 29.7. The maximum absolute atomic E-state index is 2.42. The average Bonchev–Trinajstić information content (AvgIpc) is 4.34. The Bertz CT molecular complexity index is 2890. The highest BCUT2D eigenvalue weighted by molar-refractivity contribution is 7.24. The summed E-state index contributed by atoms with van der Waals surface area (Å²) in [6, 6.07) is 42.1. The molecule has 0 radical (unpaired) electrons. The molecule has 0 bridgehead atoms. The monoisotopic (exact) mass is 1170 g/mol. The van der Waals surface area contributed by atoms with Crippen molar-refractivity contribution in [1.82, 2.24) is 0 Å². The molecule has 0 amide bonds. The molecule has 0 saturated heterocycles. The molecule has 0 fully saturated rings. The highest BCUT2D eigenvalue weighted by atomic mass is 32.1. The van der Waals surface area contributed by atoms with Gasteiger partial charge in [-0.3, -0.25) is 0 Å². The van der Waals surface area contributed by atoms with E-state index in [0.29, 0.717) is 0 Å². The molecular weight excluding hydrogens is 1100 g/mol. The third-order valence-corrected chi connectivity index (χ3v) is 23.8. The van der Waals surface area contributed by atoms with Gasteiger partial charge in [-0.05, 0) is 207 Å². The molecule has 0 N–H and O–H groups in total. The zero-order valence-electron chi connectivity index (χ0n) is 46.4. The predicted molar refractivity (Wildman–Crippen MR) is 364 cm³/mol. The van der Waals surface area contributed by atoms with Crippen molar-refractivity contribution >= 4 is 139 Å². The Morgan fingerprint density at radius 3 is 0.679 bits per heavy atom. The molecule has 9 aromatic rings. The van der Waals surface area contributed by atoms with E-state index in [9.17, 15) is 0 Å². The summed E-state index contributed by atoms with van der Waals surface area (Å²) in [4.78, 5) is 22.1. The second-order valence-electron chi connectivity index (χ2n) is 20.6. The van der Waals surface area contributed by atoms with Gasteiger partial charge in [0.2, 0.25) is 0 Å². The molecule has 0 spiro atoms. The van der Waals surface area contributed by atoms with Gasteiger partial charge in [-0.25, -0.2) is 0 Å². The first-order valence-electron chi connectivity index (χ1n) is 29.1. The van der Waals surface area contributed by atoms with Crippen LogP contribution in [0.5, 0.6) is 0 Å². The van der Waals surface area contributed by atoms with Crippen molar-refractivity contribution in [1.29, 1.82) is 0 Å². The quantitative estimate of drug-likeness (QED) is 0.0369. The summed E-state index contributed by atoms with van der Waals surface area (Å²) in [6.45, 7) is 9.16.